The molecular weight excluding hydrogens is 458 g/mol. The van der Waals surface area contributed by atoms with Crippen molar-refractivity contribution in [1.29, 1.82) is 0 Å². The highest BCUT2D eigenvalue weighted by Crippen LogP contribution is 2.29. The normalized spacial score (nSPS) is 20.4. The summed E-state index contributed by atoms with van der Waals surface area (Å²) < 4.78 is 28.6. The highest BCUT2D eigenvalue weighted by Gasteiger charge is 2.36. The number of rotatable bonds is 6. The first-order chi connectivity index (χ1) is 16.8. The molecule has 4 rings (SSSR count). The Bertz CT molecular complexity index is 1150. The van der Waals surface area contributed by atoms with Gasteiger partial charge in [0.05, 0.1) is 10.8 Å². The second kappa shape index (κ2) is 11.1. The van der Waals surface area contributed by atoms with Crippen molar-refractivity contribution < 1.29 is 13.2 Å². The molecule has 7 heteroatoms. The molecule has 2 fully saturated rings. The summed E-state index contributed by atoms with van der Waals surface area (Å²) in [5.41, 5.74) is 3.79. The van der Waals surface area contributed by atoms with Crippen LogP contribution in [-0.2, 0) is 14.8 Å². The van der Waals surface area contributed by atoms with Crippen LogP contribution in [0, 0.1) is 26.7 Å². The summed E-state index contributed by atoms with van der Waals surface area (Å²) in [6.07, 6.45) is 5.76. The number of sulfonamides is 1. The predicted molar refractivity (Wildman–Crippen MR) is 141 cm³/mol. The number of piperazine rings is 1. The molecule has 0 bridgehead atoms. The van der Waals surface area contributed by atoms with Crippen molar-refractivity contribution >= 4 is 22.0 Å². The fraction of sp³-hybridized carbons (Fsp3) is 0.464. The lowest BCUT2D eigenvalue weighted by Crippen LogP contribution is -2.53. The number of benzene rings is 2. The fourth-order valence-electron chi connectivity index (χ4n) is 5.38. The summed E-state index contributed by atoms with van der Waals surface area (Å²) in [4.78, 5) is 18.0. The maximum absolute atomic E-state index is 13.5. The maximum atomic E-state index is 13.5. The summed E-state index contributed by atoms with van der Waals surface area (Å²) in [6.45, 7) is 10.3. The summed E-state index contributed by atoms with van der Waals surface area (Å²) in [5, 5.41) is 0. The SMILES string of the molecule is Cc1cc(C)c(S(=O)(=O)N2CCC[C@H](C(=O)N3CCN(C/C=C/c4ccccc4)CC3)C2)c(C)c1. The molecule has 188 valence electrons. The minimum Gasteiger partial charge on any atom is -0.340 e. The molecule has 35 heavy (non-hydrogen) atoms. The number of nitrogens with zero attached hydrogens (tertiary/aromatic N) is 3. The highest BCUT2D eigenvalue weighted by molar-refractivity contribution is 7.89. The van der Waals surface area contributed by atoms with Gasteiger partial charge in [-0.25, -0.2) is 8.42 Å². The Kier molecular flexibility index (Phi) is 8.09. The van der Waals surface area contributed by atoms with E-state index in [2.05, 4.69) is 29.2 Å². The van der Waals surface area contributed by atoms with Crippen LogP contribution in [0.3, 0.4) is 0 Å². The first-order valence-electron chi connectivity index (χ1n) is 12.6. The molecule has 2 aromatic rings. The van der Waals surface area contributed by atoms with Gasteiger partial charge in [-0.3, -0.25) is 9.69 Å². The molecule has 6 nitrogen and oxygen atoms in total. The number of carbonyl (C=O) groups excluding carboxylic acids is 1. The number of piperidine rings is 1. The van der Waals surface area contributed by atoms with E-state index in [1.807, 2.05) is 56.0 Å². The monoisotopic (exact) mass is 495 g/mol. The Morgan fingerprint density at radius 1 is 0.971 bits per heavy atom. The van der Waals surface area contributed by atoms with Crippen LogP contribution in [0.2, 0.25) is 0 Å². The quantitative estimate of drug-likeness (QED) is 0.611. The molecule has 0 unspecified atom stereocenters. The van der Waals surface area contributed by atoms with Crippen LogP contribution in [0.5, 0.6) is 0 Å². The van der Waals surface area contributed by atoms with Crippen LogP contribution in [-0.4, -0.2) is 74.2 Å². The van der Waals surface area contributed by atoms with Gasteiger partial charge in [-0.2, -0.15) is 4.31 Å². The Labute approximate surface area is 210 Å². The van der Waals surface area contributed by atoms with Crippen LogP contribution >= 0.6 is 0 Å². The highest BCUT2D eigenvalue weighted by atomic mass is 32.2. The van der Waals surface area contributed by atoms with Crippen molar-refractivity contribution in [3.8, 4) is 0 Å². The van der Waals surface area contributed by atoms with Gasteiger partial charge in [-0.1, -0.05) is 60.2 Å². The van der Waals surface area contributed by atoms with E-state index in [0.29, 0.717) is 31.0 Å². The van der Waals surface area contributed by atoms with Crippen LogP contribution < -0.4 is 0 Å². The van der Waals surface area contributed by atoms with Crippen molar-refractivity contribution in [2.45, 2.75) is 38.5 Å². The smallest absolute Gasteiger partial charge is 0.243 e. The Morgan fingerprint density at radius 3 is 2.29 bits per heavy atom. The molecule has 0 aliphatic carbocycles. The van der Waals surface area contributed by atoms with E-state index in [9.17, 15) is 13.2 Å². The van der Waals surface area contributed by atoms with Gasteiger partial charge < -0.3 is 4.90 Å². The lowest BCUT2D eigenvalue weighted by Gasteiger charge is -2.38. The molecule has 2 aliphatic rings. The van der Waals surface area contributed by atoms with Crippen LogP contribution in [0.4, 0.5) is 0 Å². The number of amides is 1. The molecule has 2 aromatic carbocycles. The van der Waals surface area contributed by atoms with Crippen molar-refractivity contribution in [3.05, 3.63) is 70.8 Å². The first-order valence-corrected chi connectivity index (χ1v) is 14.0. The summed E-state index contributed by atoms with van der Waals surface area (Å²) in [6, 6.07) is 14.1. The van der Waals surface area contributed by atoms with E-state index in [4.69, 9.17) is 0 Å². The van der Waals surface area contributed by atoms with E-state index in [1.165, 1.54) is 9.87 Å². The van der Waals surface area contributed by atoms with E-state index in [1.54, 1.807) is 0 Å². The lowest BCUT2D eigenvalue weighted by molar-refractivity contribution is -0.138. The van der Waals surface area contributed by atoms with Gasteiger partial charge in [-0.15, -0.1) is 0 Å². The molecule has 0 spiro atoms. The molecule has 0 saturated carbocycles. The van der Waals surface area contributed by atoms with Crippen LogP contribution in [0.15, 0.2) is 53.4 Å². The summed E-state index contributed by atoms with van der Waals surface area (Å²) >= 11 is 0. The molecule has 0 aromatic heterocycles. The second-order valence-electron chi connectivity index (χ2n) is 9.87. The Balaban J connectivity index is 1.34. The Morgan fingerprint density at radius 2 is 1.63 bits per heavy atom. The zero-order valence-corrected chi connectivity index (χ0v) is 21.9. The number of carbonyl (C=O) groups is 1. The number of aryl methyl sites for hydroxylation is 3. The van der Waals surface area contributed by atoms with E-state index in [-0.39, 0.29) is 18.4 Å². The topological polar surface area (TPSA) is 60.9 Å². The molecule has 1 atom stereocenters. The van der Waals surface area contributed by atoms with Gasteiger partial charge in [0.1, 0.15) is 0 Å². The van der Waals surface area contributed by atoms with E-state index >= 15 is 0 Å². The second-order valence-corrected chi connectivity index (χ2v) is 11.7. The number of hydrogen-bond donors (Lipinski definition) is 0. The zero-order valence-electron chi connectivity index (χ0n) is 21.1. The molecular formula is C28H37N3O3S. The largest absolute Gasteiger partial charge is 0.340 e. The summed E-state index contributed by atoms with van der Waals surface area (Å²) in [7, 11) is -3.63. The van der Waals surface area contributed by atoms with Gasteiger partial charge >= 0.3 is 0 Å². The molecule has 2 saturated heterocycles. The van der Waals surface area contributed by atoms with Crippen molar-refractivity contribution in [3.63, 3.8) is 0 Å². The maximum Gasteiger partial charge on any atom is 0.243 e. The standard InChI is InChI=1S/C28H37N3O3S/c1-22-19-23(2)27(24(3)20-22)35(33,34)31-14-8-12-26(21-31)28(32)30-17-15-29(16-18-30)13-7-11-25-9-5-4-6-10-25/h4-7,9-11,19-20,26H,8,12-18,21H2,1-3H3/b11-7+/t26-/m0/s1. The van der Waals surface area contributed by atoms with E-state index < -0.39 is 10.0 Å². The number of hydrogen-bond acceptors (Lipinski definition) is 4. The zero-order chi connectivity index (χ0) is 25.0. The van der Waals surface area contributed by atoms with Gasteiger partial charge in [0.15, 0.2) is 0 Å². The lowest BCUT2D eigenvalue weighted by atomic mass is 9.98. The van der Waals surface area contributed by atoms with Crippen LogP contribution in [0.25, 0.3) is 6.08 Å². The minimum atomic E-state index is -3.63. The minimum absolute atomic E-state index is 0.0988. The average Bonchev–Trinajstić information content (AvgIpc) is 2.84. The third-order valence-corrected chi connectivity index (χ3v) is 9.26. The van der Waals surface area contributed by atoms with Gasteiger partial charge in [-0.05, 0) is 50.3 Å². The predicted octanol–water partition coefficient (Wildman–Crippen LogP) is 3.87. The van der Waals surface area contributed by atoms with Gasteiger partial charge in [0, 0.05) is 45.8 Å². The molecule has 2 aliphatic heterocycles. The van der Waals surface area contributed by atoms with Crippen molar-refractivity contribution in [2.24, 2.45) is 5.92 Å². The van der Waals surface area contributed by atoms with Crippen molar-refractivity contribution in [2.75, 3.05) is 45.8 Å². The fourth-order valence-corrected chi connectivity index (χ4v) is 7.31. The third kappa shape index (κ3) is 6.02. The van der Waals surface area contributed by atoms with Gasteiger partial charge in [0.25, 0.3) is 0 Å². The average molecular weight is 496 g/mol. The van der Waals surface area contributed by atoms with E-state index in [0.717, 1.165) is 42.7 Å². The summed E-state index contributed by atoms with van der Waals surface area (Å²) in [5.74, 6) is -0.171. The van der Waals surface area contributed by atoms with Crippen LogP contribution in [0.1, 0.15) is 35.1 Å². The molecule has 1 amide bonds. The molecule has 2 heterocycles. The first kappa shape index (κ1) is 25.6. The van der Waals surface area contributed by atoms with Gasteiger partial charge in [0.2, 0.25) is 15.9 Å². The van der Waals surface area contributed by atoms with Crippen molar-refractivity contribution in [1.82, 2.24) is 14.1 Å². The Hall–Kier alpha value is -2.48. The molecule has 0 N–H and O–H groups in total. The molecule has 0 radical (unpaired) electrons. The third-order valence-electron chi connectivity index (χ3n) is 7.09.